The summed E-state index contributed by atoms with van der Waals surface area (Å²) in [5.41, 5.74) is 1.51. The van der Waals surface area contributed by atoms with Crippen molar-refractivity contribution in [3.8, 4) is 0 Å². The lowest BCUT2D eigenvalue weighted by atomic mass is 10.1. The number of hydrogen-bond acceptors (Lipinski definition) is 3. The third-order valence-corrected chi connectivity index (χ3v) is 4.27. The van der Waals surface area contributed by atoms with Crippen molar-refractivity contribution in [2.24, 2.45) is 0 Å². The summed E-state index contributed by atoms with van der Waals surface area (Å²) < 4.78 is 6.23. The van der Waals surface area contributed by atoms with E-state index in [1.165, 1.54) is 10.5 Å². The van der Waals surface area contributed by atoms with E-state index in [2.05, 4.69) is 60.2 Å². The molecule has 2 nitrogen and oxygen atoms in total. The maximum Gasteiger partial charge on any atom is 0.0470 e. The standard InChI is InChI=1S/C15H24BrNOS/c1-15(2,3)17-11-12-6-7-13(16)10-14(12)19-9-5-8-18-4/h6-7,10,17H,5,8-9,11H2,1-4H3. The van der Waals surface area contributed by atoms with Crippen LogP contribution in [0.1, 0.15) is 32.8 Å². The number of nitrogens with one attached hydrogen (secondary N) is 1. The Morgan fingerprint density at radius 2 is 2.05 bits per heavy atom. The molecule has 0 aromatic heterocycles. The van der Waals surface area contributed by atoms with Gasteiger partial charge in [-0.3, -0.25) is 0 Å². The Kier molecular flexibility index (Phi) is 7.44. The van der Waals surface area contributed by atoms with Crippen molar-refractivity contribution in [2.45, 2.75) is 44.2 Å². The van der Waals surface area contributed by atoms with Crippen molar-refractivity contribution in [3.63, 3.8) is 0 Å². The van der Waals surface area contributed by atoms with Crippen LogP contribution in [-0.4, -0.2) is 25.0 Å². The van der Waals surface area contributed by atoms with Crippen molar-refractivity contribution in [2.75, 3.05) is 19.5 Å². The first-order valence-corrected chi connectivity index (χ1v) is 8.35. The molecule has 1 aromatic rings. The van der Waals surface area contributed by atoms with Crippen LogP contribution in [0, 0.1) is 0 Å². The summed E-state index contributed by atoms with van der Waals surface area (Å²) in [6.45, 7) is 8.31. The smallest absolute Gasteiger partial charge is 0.0470 e. The summed E-state index contributed by atoms with van der Waals surface area (Å²) in [6, 6.07) is 6.51. The molecule has 0 aliphatic heterocycles. The van der Waals surface area contributed by atoms with E-state index in [0.717, 1.165) is 29.8 Å². The number of methoxy groups -OCH3 is 1. The van der Waals surface area contributed by atoms with Crippen molar-refractivity contribution in [1.82, 2.24) is 5.32 Å². The van der Waals surface area contributed by atoms with Crippen LogP contribution in [0.2, 0.25) is 0 Å². The average Bonchev–Trinajstić information content (AvgIpc) is 2.32. The maximum atomic E-state index is 5.09. The second-order valence-electron chi connectivity index (χ2n) is 5.55. The molecule has 1 aromatic carbocycles. The second-order valence-corrected chi connectivity index (χ2v) is 7.60. The zero-order valence-corrected chi connectivity index (χ0v) is 14.7. The summed E-state index contributed by atoms with van der Waals surface area (Å²) >= 11 is 5.45. The van der Waals surface area contributed by atoms with E-state index >= 15 is 0 Å². The van der Waals surface area contributed by atoms with Gasteiger partial charge in [0, 0.05) is 40.9 Å². The SMILES string of the molecule is COCCCSc1cc(Br)ccc1CNC(C)(C)C. The van der Waals surface area contributed by atoms with Gasteiger partial charge >= 0.3 is 0 Å². The van der Waals surface area contributed by atoms with E-state index in [9.17, 15) is 0 Å². The molecule has 0 aliphatic carbocycles. The number of halogens is 1. The highest BCUT2D eigenvalue weighted by molar-refractivity contribution is 9.10. The third kappa shape index (κ3) is 7.35. The molecule has 0 saturated heterocycles. The van der Waals surface area contributed by atoms with Crippen LogP contribution >= 0.6 is 27.7 Å². The number of thioether (sulfide) groups is 1. The van der Waals surface area contributed by atoms with E-state index < -0.39 is 0 Å². The van der Waals surface area contributed by atoms with Gasteiger partial charge in [0.25, 0.3) is 0 Å². The van der Waals surface area contributed by atoms with Crippen LogP contribution in [0.5, 0.6) is 0 Å². The third-order valence-electron chi connectivity index (χ3n) is 2.59. The normalized spacial score (nSPS) is 11.8. The quantitative estimate of drug-likeness (QED) is 0.582. The number of rotatable bonds is 7. The van der Waals surface area contributed by atoms with Crippen LogP contribution in [0.25, 0.3) is 0 Å². The van der Waals surface area contributed by atoms with Crippen molar-refractivity contribution >= 4 is 27.7 Å². The first-order valence-electron chi connectivity index (χ1n) is 6.57. The second kappa shape index (κ2) is 8.30. The Morgan fingerprint density at radius 3 is 2.68 bits per heavy atom. The topological polar surface area (TPSA) is 21.3 Å². The predicted octanol–water partition coefficient (Wildman–Crippen LogP) is 4.47. The molecule has 0 fully saturated rings. The van der Waals surface area contributed by atoms with Gasteiger partial charge in [-0.1, -0.05) is 22.0 Å². The first kappa shape index (κ1) is 17.0. The van der Waals surface area contributed by atoms with Crippen molar-refractivity contribution in [3.05, 3.63) is 28.2 Å². The predicted molar refractivity (Wildman–Crippen MR) is 88.0 cm³/mol. The van der Waals surface area contributed by atoms with E-state index in [0.29, 0.717) is 0 Å². The lowest BCUT2D eigenvalue weighted by molar-refractivity contribution is 0.200. The van der Waals surface area contributed by atoms with Crippen molar-refractivity contribution in [1.29, 1.82) is 0 Å². The van der Waals surface area contributed by atoms with Gasteiger partial charge in [-0.2, -0.15) is 0 Å². The van der Waals surface area contributed by atoms with Crippen LogP contribution in [0.3, 0.4) is 0 Å². The largest absolute Gasteiger partial charge is 0.385 e. The Labute approximate surface area is 129 Å². The minimum Gasteiger partial charge on any atom is -0.385 e. The van der Waals surface area contributed by atoms with Gasteiger partial charge in [-0.25, -0.2) is 0 Å². The van der Waals surface area contributed by atoms with Crippen LogP contribution < -0.4 is 5.32 Å². The summed E-state index contributed by atoms with van der Waals surface area (Å²) in [5.74, 6) is 1.09. The molecule has 0 unspecified atom stereocenters. The van der Waals surface area contributed by atoms with Gasteiger partial charge < -0.3 is 10.1 Å². The minimum atomic E-state index is 0.144. The molecule has 0 aliphatic rings. The molecule has 1 N–H and O–H groups in total. The molecule has 0 heterocycles. The number of hydrogen-bond donors (Lipinski definition) is 1. The van der Waals surface area contributed by atoms with Gasteiger partial charge in [0.15, 0.2) is 0 Å². The summed E-state index contributed by atoms with van der Waals surface area (Å²) in [7, 11) is 1.75. The molecular weight excluding hydrogens is 322 g/mol. The van der Waals surface area contributed by atoms with E-state index in [1.807, 2.05) is 11.8 Å². The Hall–Kier alpha value is -0.0300. The number of benzene rings is 1. The van der Waals surface area contributed by atoms with Gasteiger partial charge in [-0.15, -0.1) is 11.8 Å². The van der Waals surface area contributed by atoms with Crippen LogP contribution in [0.15, 0.2) is 27.6 Å². The highest BCUT2D eigenvalue weighted by atomic mass is 79.9. The zero-order chi connectivity index (χ0) is 14.3. The monoisotopic (exact) mass is 345 g/mol. The first-order chi connectivity index (χ1) is 8.92. The van der Waals surface area contributed by atoms with Gasteiger partial charge in [0.2, 0.25) is 0 Å². The molecule has 19 heavy (non-hydrogen) atoms. The molecule has 0 radical (unpaired) electrons. The summed E-state index contributed by atoms with van der Waals surface area (Å²) in [5, 5.41) is 3.55. The molecular formula is C15H24BrNOS. The zero-order valence-electron chi connectivity index (χ0n) is 12.3. The molecule has 0 atom stereocenters. The van der Waals surface area contributed by atoms with Gasteiger partial charge in [0.05, 0.1) is 0 Å². The molecule has 108 valence electrons. The lowest BCUT2D eigenvalue weighted by Crippen LogP contribution is -2.35. The van der Waals surface area contributed by atoms with E-state index in [-0.39, 0.29) is 5.54 Å². The molecule has 1 rings (SSSR count). The van der Waals surface area contributed by atoms with Gasteiger partial charge in [0.1, 0.15) is 0 Å². The highest BCUT2D eigenvalue weighted by Gasteiger charge is 2.11. The molecule has 0 bridgehead atoms. The lowest BCUT2D eigenvalue weighted by Gasteiger charge is -2.21. The van der Waals surface area contributed by atoms with Crippen LogP contribution in [0.4, 0.5) is 0 Å². The fraction of sp³-hybridized carbons (Fsp3) is 0.600. The average molecular weight is 346 g/mol. The fourth-order valence-corrected chi connectivity index (χ4v) is 3.09. The highest BCUT2D eigenvalue weighted by Crippen LogP contribution is 2.27. The van der Waals surface area contributed by atoms with E-state index in [1.54, 1.807) is 7.11 Å². The van der Waals surface area contributed by atoms with Gasteiger partial charge in [-0.05, 0) is 44.9 Å². The van der Waals surface area contributed by atoms with Crippen LogP contribution in [-0.2, 0) is 11.3 Å². The fourth-order valence-electron chi connectivity index (χ4n) is 1.55. The summed E-state index contributed by atoms with van der Waals surface area (Å²) in [6.07, 6.45) is 1.08. The molecule has 4 heteroatoms. The summed E-state index contributed by atoms with van der Waals surface area (Å²) in [4.78, 5) is 1.35. The Bertz CT molecular complexity index is 390. The van der Waals surface area contributed by atoms with E-state index in [4.69, 9.17) is 4.74 Å². The molecule has 0 spiro atoms. The Balaban J connectivity index is 2.63. The van der Waals surface area contributed by atoms with Crippen molar-refractivity contribution < 1.29 is 4.74 Å². The minimum absolute atomic E-state index is 0.144. The Morgan fingerprint density at radius 1 is 1.32 bits per heavy atom. The molecule has 0 saturated carbocycles. The maximum absolute atomic E-state index is 5.09. The number of ether oxygens (including phenoxy) is 1. The molecule has 0 amide bonds.